The van der Waals surface area contributed by atoms with Crippen LogP contribution in [0.3, 0.4) is 0 Å². The lowest BCUT2D eigenvalue weighted by Gasteiger charge is -2.28. The number of carbonyl (C=O) groups excluding carboxylic acids is 1. The highest BCUT2D eigenvalue weighted by atomic mass is 16.5. The Kier molecular flexibility index (Phi) is 5.87. The van der Waals surface area contributed by atoms with Crippen molar-refractivity contribution in [2.75, 3.05) is 18.1 Å². The Bertz CT molecular complexity index is 795. The van der Waals surface area contributed by atoms with Crippen LogP contribution in [0.25, 0.3) is 0 Å². The lowest BCUT2D eigenvalue weighted by Crippen LogP contribution is -2.37. The molecule has 8 heteroatoms. The predicted molar refractivity (Wildman–Crippen MR) is 105 cm³/mol. The van der Waals surface area contributed by atoms with Gasteiger partial charge in [0.1, 0.15) is 18.0 Å². The van der Waals surface area contributed by atoms with Gasteiger partial charge in [0.25, 0.3) is 5.91 Å². The Morgan fingerprint density at radius 1 is 1.21 bits per heavy atom. The normalized spacial score (nSPS) is 23.1. The molecule has 1 aliphatic carbocycles. The molecule has 1 aliphatic heterocycles. The number of nitrogens with two attached hydrogens (primary N) is 2. The number of anilines is 1. The van der Waals surface area contributed by atoms with Crippen LogP contribution in [0.5, 0.6) is 0 Å². The number of carboxylic acid groups (broad SMARTS) is 1. The zero-order valence-electron chi connectivity index (χ0n) is 15.7. The summed E-state index contributed by atoms with van der Waals surface area (Å²) in [5.74, 6) is -1.02. The van der Waals surface area contributed by atoms with Gasteiger partial charge in [-0.2, -0.15) is 0 Å². The summed E-state index contributed by atoms with van der Waals surface area (Å²) in [5.41, 5.74) is 13.0. The number of ether oxygens (including phenoxy) is 1. The third kappa shape index (κ3) is 4.27. The number of aliphatic carboxylic acids is 1. The van der Waals surface area contributed by atoms with E-state index in [-0.39, 0.29) is 30.4 Å². The molecule has 28 heavy (non-hydrogen) atoms. The minimum atomic E-state index is -0.724. The number of hydrogen-bond donors (Lipinski definition) is 4. The summed E-state index contributed by atoms with van der Waals surface area (Å²) in [7, 11) is 0. The molecule has 0 aromatic heterocycles. The monoisotopic (exact) mass is 386 g/mol. The summed E-state index contributed by atoms with van der Waals surface area (Å²) in [6.07, 6.45) is 4.04. The minimum absolute atomic E-state index is 0.113. The van der Waals surface area contributed by atoms with Gasteiger partial charge in [-0.05, 0) is 55.2 Å². The van der Waals surface area contributed by atoms with Crippen molar-refractivity contribution in [2.24, 2.45) is 17.4 Å². The van der Waals surface area contributed by atoms with Crippen molar-refractivity contribution in [3.8, 4) is 0 Å². The summed E-state index contributed by atoms with van der Waals surface area (Å²) < 4.78 is 5.29. The third-order valence-electron chi connectivity index (χ3n) is 5.53. The van der Waals surface area contributed by atoms with Crippen LogP contribution in [0, 0.1) is 11.3 Å². The summed E-state index contributed by atoms with van der Waals surface area (Å²) in [6.45, 7) is 0.541. The van der Waals surface area contributed by atoms with Crippen molar-refractivity contribution in [3.05, 3.63) is 41.3 Å². The summed E-state index contributed by atoms with van der Waals surface area (Å²) in [6, 6.07) is 7.79. The van der Waals surface area contributed by atoms with Crippen LogP contribution in [-0.2, 0) is 14.3 Å². The second-order valence-electron chi connectivity index (χ2n) is 7.37. The van der Waals surface area contributed by atoms with E-state index in [4.69, 9.17) is 26.7 Å². The van der Waals surface area contributed by atoms with Gasteiger partial charge in [0, 0.05) is 12.1 Å². The van der Waals surface area contributed by atoms with Crippen LogP contribution in [0.2, 0.25) is 0 Å². The number of carbonyl (C=O) groups is 2. The van der Waals surface area contributed by atoms with E-state index in [2.05, 4.69) is 0 Å². The van der Waals surface area contributed by atoms with E-state index < -0.39 is 17.7 Å². The maximum Gasteiger partial charge on any atom is 0.303 e. The van der Waals surface area contributed by atoms with Crippen molar-refractivity contribution in [3.63, 3.8) is 0 Å². The van der Waals surface area contributed by atoms with Gasteiger partial charge >= 0.3 is 5.97 Å². The topological polar surface area (TPSA) is 143 Å². The standard InChI is InChI=1S/C20H26N4O4/c21-18(22)17-19(23)28-10-9-24(20(17)27)15-7-5-14(6-8-15)13-3-1-12(2-4-13)11-16(25)26/h5-8,12-13H,1-4,9-11,23H2,(H3,21,22)(H,25,26). The summed E-state index contributed by atoms with van der Waals surface area (Å²) >= 11 is 0. The summed E-state index contributed by atoms with van der Waals surface area (Å²) in [5, 5.41) is 16.5. The number of nitrogens with zero attached hydrogens (tertiary/aromatic N) is 1. The number of hydrogen-bond acceptors (Lipinski definition) is 5. The highest BCUT2D eigenvalue weighted by molar-refractivity contribution is 6.24. The zero-order valence-corrected chi connectivity index (χ0v) is 15.7. The Morgan fingerprint density at radius 2 is 1.86 bits per heavy atom. The zero-order chi connectivity index (χ0) is 20.3. The number of amides is 1. The number of benzene rings is 1. The molecule has 1 saturated carbocycles. The van der Waals surface area contributed by atoms with E-state index in [0.717, 1.165) is 25.7 Å². The molecule has 150 valence electrons. The van der Waals surface area contributed by atoms with E-state index in [1.165, 1.54) is 10.5 Å². The van der Waals surface area contributed by atoms with Gasteiger partial charge < -0.3 is 26.2 Å². The van der Waals surface area contributed by atoms with Crippen LogP contribution in [0.4, 0.5) is 5.69 Å². The van der Waals surface area contributed by atoms with Gasteiger partial charge in [-0.3, -0.25) is 15.0 Å². The molecule has 0 bridgehead atoms. The molecule has 6 N–H and O–H groups in total. The Hall–Kier alpha value is -3.03. The van der Waals surface area contributed by atoms with Crippen LogP contribution >= 0.6 is 0 Å². The first-order chi connectivity index (χ1) is 13.4. The maximum absolute atomic E-state index is 12.7. The minimum Gasteiger partial charge on any atom is -0.481 e. The quantitative estimate of drug-likeness (QED) is 0.450. The third-order valence-corrected chi connectivity index (χ3v) is 5.53. The number of rotatable bonds is 5. The van der Waals surface area contributed by atoms with E-state index in [9.17, 15) is 9.59 Å². The molecule has 1 fully saturated rings. The largest absolute Gasteiger partial charge is 0.481 e. The SMILES string of the molecule is N=C(N)C1=C(N)OCCN(c2ccc(C3CCC(CC(=O)O)CC3)cc2)C1=O. The highest BCUT2D eigenvalue weighted by Crippen LogP contribution is 2.37. The van der Waals surface area contributed by atoms with E-state index >= 15 is 0 Å². The van der Waals surface area contributed by atoms with Crippen molar-refractivity contribution < 1.29 is 19.4 Å². The number of amidine groups is 1. The summed E-state index contributed by atoms with van der Waals surface area (Å²) in [4.78, 5) is 25.1. The maximum atomic E-state index is 12.7. The molecule has 1 aromatic rings. The van der Waals surface area contributed by atoms with Crippen LogP contribution in [0.15, 0.2) is 35.7 Å². The molecule has 0 unspecified atom stereocenters. The Balaban J connectivity index is 1.70. The Labute approximate surface area is 163 Å². The predicted octanol–water partition coefficient (Wildman–Crippen LogP) is 1.90. The smallest absolute Gasteiger partial charge is 0.303 e. The molecular weight excluding hydrogens is 360 g/mol. The second kappa shape index (κ2) is 8.33. The molecule has 0 atom stereocenters. The van der Waals surface area contributed by atoms with Crippen molar-refractivity contribution >= 4 is 23.4 Å². The van der Waals surface area contributed by atoms with Gasteiger partial charge in [0.05, 0.1) is 6.54 Å². The molecule has 0 radical (unpaired) electrons. The van der Waals surface area contributed by atoms with E-state index in [1.807, 2.05) is 24.3 Å². The fourth-order valence-electron chi connectivity index (χ4n) is 4.03. The molecule has 0 saturated heterocycles. The molecule has 1 aromatic carbocycles. The first-order valence-corrected chi connectivity index (χ1v) is 9.47. The van der Waals surface area contributed by atoms with Gasteiger partial charge in [-0.25, -0.2) is 0 Å². The number of carboxylic acids is 1. The van der Waals surface area contributed by atoms with Gasteiger partial charge in [0.15, 0.2) is 0 Å². The van der Waals surface area contributed by atoms with Crippen LogP contribution in [-0.4, -0.2) is 36.0 Å². The second-order valence-corrected chi connectivity index (χ2v) is 7.37. The average Bonchev–Trinajstić information content (AvgIpc) is 2.80. The molecule has 1 heterocycles. The number of nitrogens with one attached hydrogen (secondary N) is 1. The lowest BCUT2D eigenvalue weighted by atomic mass is 9.77. The van der Waals surface area contributed by atoms with E-state index in [1.54, 1.807) is 0 Å². The molecule has 2 aliphatic rings. The molecule has 0 spiro atoms. The van der Waals surface area contributed by atoms with Gasteiger partial charge in [0.2, 0.25) is 5.88 Å². The fraction of sp³-hybridized carbons (Fsp3) is 0.450. The van der Waals surface area contributed by atoms with Gasteiger partial charge in [-0.1, -0.05) is 12.1 Å². The lowest BCUT2D eigenvalue weighted by molar-refractivity contribution is -0.138. The molecular formula is C20H26N4O4. The first-order valence-electron chi connectivity index (χ1n) is 9.47. The fourth-order valence-corrected chi connectivity index (χ4v) is 4.03. The average molecular weight is 386 g/mol. The van der Waals surface area contributed by atoms with Crippen LogP contribution in [0.1, 0.15) is 43.6 Å². The highest BCUT2D eigenvalue weighted by Gasteiger charge is 2.29. The van der Waals surface area contributed by atoms with Crippen molar-refractivity contribution in [1.29, 1.82) is 5.41 Å². The Morgan fingerprint density at radius 3 is 2.43 bits per heavy atom. The van der Waals surface area contributed by atoms with Crippen molar-refractivity contribution in [1.82, 2.24) is 0 Å². The van der Waals surface area contributed by atoms with Crippen molar-refractivity contribution in [2.45, 2.75) is 38.0 Å². The molecule has 3 rings (SSSR count). The molecule has 1 amide bonds. The van der Waals surface area contributed by atoms with Gasteiger partial charge in [-0.15, -0.1) is 0 Å². The van der Waals surface area contributed by atoms with Crippen LogP contribution < -0.4 is 16.4 Å². The van der Waals surface area contributed by atoms with E-state index in [0.29, 0.717) is 18.2 Å². The first kappa shape index (κ1) is 19.7. The molecule has 8 nitrogen and oxygen atoms in total.